The number of amides is 1. The Kier molecular flexibility index (Phi) is 8.93. The summed E-state index contributed by atoms with van der Waals surface area (Å²) in [5, 5.41) is 9.24. The van der Waals surface area contributed by atoms with Gasteiger partial charge in [-0.15, -0.1) is 0 Å². The molecule has 7 nitrogen and oxygen atoms in total. The van der Waals surface area contributed by atoms with E-state index < -0.39 is 12.1 Å². The van der Waals surface area contributed by atoms with Gasteiger partial charge in [-0.05, 0) is 75.3 Å². The molecule has 2 aromatic rings. The largest absolute Gasteiger partial charge is 0.492 e. The number of rotatable bonds is 12. The van der Waals surface area contributed by atoms with Crippen LogP contribution in [0.3, 0.4) is 0 Å². The standard InChI is InChI=1S/C27H35NO6/c1-5-32-24(26(29)30)16-21-8-10-23(11-9-21)33-13-12-28(17-22-6-7-22)27(31)34-25-19(3)14-18(2)15-20(25)4/h8-11,14-15,22,24H,5-7,12-13,16-17H2,1-4H3,(H,29,30). The molecule has 0 radical (unpaired) electrons. The number of aryl methyl sites for hydroxylation is 3. The van der Waals surface area contributed by atoms with E-state index in [2.05, 4.69) is 0 Å². The van der Waals surface area contributed by atoms with Gasteiger partial charge in [0.25, 0.3) is 0 Å². The zero-order chi connectivity index (χ0) is 24.7. The van der Waals surface area contributed by atoms with Crippen LogP contribution in [0.2, 0.25) is 0 Å². The molecule has 1 unspecified atom stereocenters. The Bertz CT molecular complexity index is 960. The van der Waals surface area contributed by atoms with Crippen LogP contribution in [0.15, 0.2) is 36.4 Å². The predicted molar refractivity (Wildman–Crippen MR) is 130 cm³/mol. The molecule has 184 valence electrons. The fourth-order valence-corrected chi connectivity index (χ4v) is 3.98. The number of hydrogen-bond acceptors (Lipinski definition) is 5. The Morgan fingerprint density at radius 1 is 1.09 bits per heavy atom. The van der Waals surface area contributed by atoms with Crippen molar-refractivity contribution in [3.63, 3.8) is 0 Å². The van der Waals surface area contributed by atoms with Gasteiger partial charge in [0.2, 0.25) is 0 Å². The number of ether oxygens (including phenoxy) is 3. The molecule has 0 heterocycles. The second-order valence-corrected chi connectivity index (χ2v) is 8.96. The summed E-state index contributed by atoms with van der Waals surface area (Å²) >= 11 is 0. The van der Waals surface area contributed by atoms with Crippen LogP contribution in [0.4, 0.5) is 4.79 Å². The lowest BCUT2D eigenvalue weighted by Gasteiger charge is -2.23. The third-order valence-corrected chi connectivity index (χ3v) is 5.85. The number of benzene rings is 2. The molecule has 0 bridgehead atoms. The van der Waals surface area contributed by atoms with E-state index in [0.29, 0.717) is 50.1 Å². The lowest BCUT2D eigenvalue weighted by atomic mass is 10.1. The molecule has 0 aromatic heterocycles. The summed E-state index contributed by atoms with van der Waals surface area (Å²) in [5.41, 5.74) is 3.89. The molecule has 34 heavy (non-hydrogen) atoms. The zero-order valence-electron chi connectivity index (χ0n) is 20.5. The maximum atomic E-state index is 13.0. The minimum atomic E-state index is -0.971. The van der Waals surface area contributed by atoms with Gasteiger partial charge >= 0.3 is 12.1 Å². The Labute approximate surface area is 201 Å². The van der Waals surface area contributed by atoms with Crippen molar-refractivity contribution in [2.24, 2.45) is 5.92 Å². The van der Waals surface area contributed by atoms with Crippen molar-refractivity contribution in [2.75, 3.05) is 26.3 Å². The molecule has 1 atom stereocenters. The minimum Gasteiger partial charge on any atom is -0.492 e. The second kappa shape index (κ2) is 11.9. The maximum absolute atomic E-state index is 13.0. The van der Waals surface area contributed by atoms with Gasteiger partial charge in [0.15, 0.2) is 6.10 Å². The van der Waals surface area contributed by atoms with Gasteiger partial charge in [-0.25, -0.2) is 9.59 Å². The van der Waals surface area contributed by atoms with Crippen molar-refractivity contribution < 1.29 is 28.9 Å². The highest BCUT2D eigenvalue weighted by Crippen LogP contribution is 2.31. The van der Waals surface area contributed by atoms with Gasteiger partial charge in [0.05, 0.1) is 6.54 Å². The average molecular weight is 470 g/mol. The summed E-state index contributed by atoms with van der Waals surface area (Å²) in [6.07, 6.45) is 1.35. The highest BCUT2D eigenvalue weighted by Gasteiger charge is 2.28. The van der Waals surface area contributed by atoms with Gasteiger partial charge in [0, 0.05) is 19.6 Å². The number of carbonyl (C=O) groups is 2. The summed E-state index contributed by atoms with van der Waals surface area (Å²) < 4.78 is 16.9. The van der Waals surface area contributed by atoms with Gasteiger partial charge in [-0.3, -0.25) is 0 Å². The Morgan fingerprint density at radius 3 is 2.29 bits per heavy atom. The third-order valence-electron chi connectivity index (χ3n) is 5.85. The zero-order valence-corrected chi connectivity index (χ0v) is 20.5. The first-order chi connectivity index (χ1) is 16.3. The van der Waals surface area contributed by atoms with E-state index in [1.54, 1.807) is 11.8 Å². The van der Waals surface area contributed by atoms with Crippen LogP contribution in [-0.2, 0) is 16.0 Å². The minimum absolute atomic E-state index is 0.294. The van der Waals surface area contributed by atoms with Crippen LogP contribution < -0.4 is 9.47 Å². The first-order valence-corrected chi connectivity index (χ1v) is 11.9. The molecule has 0 saturated heterocycles. The van der Waals surface area contributed by atoms with Crippen molar-refractivity contribution in [3.8, 4) is 11.5 Å². The number of carboxylic acid groups (broad SMARTS) is 1. The van der Waals surface area contributed by atoms with E-state index in [9.17, 15) is 14.7 Å². The first kappa shape index (κ1) is 25.6. The van der Waals surface area contributed by atoms with Crippen molar-refractivity contribution in [1.82, 2.24) is 4.90 Å². The SMILES string of the molecule is CCOC(Cc1ccc(OCCN(CC2CC2)C(=O)Oc2c(C)cc(C)cc2C)cc1)C(=O)O. The van der Waals surface area contributed by atoms with Crippen LogP contribution in [-0.4, -0.2) is 54.5 Å². The quantitative estimate of drug-likeness (QED) is 0.474. The normalized spacial score (nSPS) is 13.9. The molecule has 1 fully saturated rings. The molecule has 1 aliphatic carbocycles. The van der Waals surface area contributed by atoms with Crippen LogP contribution in [0, 0.1) is 26.7 Å². The summed E-state index contributed by atoms with van der Waals surface area (Å²) in [6, 6.07) is 11.3. The van der Waals surface area contributed by atoms with E-state index in [1.165, 1.54) is 0 Å². The highest BCUT2D eigenvalue weighted by molar-refractivity contribution is 5.73. The molecule has 2 aromatic carbocycles. The number of hydrogen-bond donors (Lipinski definition) is 1. The van der Waals surface area contributed by atoms with Gasteiger partial charge in [-0.1, -0.05) is 29.8 Å². The van der Waals surface area contributed by atoms with Crippen LogP contribution >= 0.6 is 0 Å². The van der Waals surface area contributed by atoms with Gasteiger partial charge < -0.3 is 24.2 Å². The molecule has 0 spiro atoms. The maximum Gasteiger partial charge on any atom is 0.415 e. The van der Waals surface area contributed by atoms with E-state index in [-0.39, 0.29) is 6.09 Å². The monoisotopic (exact) mass is 469 g/mol. The van der Waals surface area contributed by atoms with Gasteiger partial charge in [-0.2, -0.15) is 0 Å². The van der Waals surface area contributed by atoms with Crippen LogP contribution in [0.1, 0.15) is 42.0 Å². The van der Waals surface area contributed by atoms with Gasteiger partial charge in [0.1, 0.15) is 18.1 Å². The van der Waals surface area contributed by atoms with Crippen molar-refractivity contribution in [3.05, 3.63) is 58.7 Å². The van der Waals surface area contributed by atoms with E-state index in [0.717, 1.165) is 35.1 Å². The Morgan fingerprint density at radius 2 is 1.74 bits per heavy atom. The summed E-state index contributed by atoms with van der Waals surface area (Å²) in [7, 11) is 0. The lowest BCUT2D eigenvalue weighted by molar-refractivity contribution is -0.149. The van der Waals surface area contributed by atoms with E-state index >= 15 is 0 Å². The number of carboxylic acids is 1. The van der Waals surface area contributed by atoms with Crippen LogP contribution in [0.5, 0.6) is 11.5 Å². The molecule has 1 amide bonds. The number of aliphatic carboxylic acids is 1. The smallest absolute Gasteiger partial charge is 0.415 e. The van der Waals surface area contributed by atoms with Crippen molar-refractivity contribution in [2.45, 2.75) is 53.1 Å². The highest BCUT2D eigenvalue weighted by atomic mass is 16.6. The lowest BCUT2D eigenvalue weighted by Crippen LogP contribution is -2.38. The van der Waals surface area contributed by atoms with Crippen LogP contribution in [0.25, 0.3) is 0 Å². The molecule has 7 heteroatoms. The topological polar surface area (TPSA) is 85.3 Å². The molecule has 3 rings (SSSR count). The summed E-state index contributed by atoms with van der Waals surface area (Å²) in [6.45, 7) is 9.48. The second-order valence-electron chi connectivity index (χ2n) is 8.96. The molecule has 0 aliphatic heterocycles. The predicted octanol–water partition coefficient (Wildman–Crippen LogP) is 4.93. The van der Waals surface area contributed by atoms with Crippen molar-refractivity contribution >= 4 is 12.1 Å². The Balaban J connectivity index is 1.55. The summed E-state index contributed by atoms with van der Waals surface area (Å²) in [4.78, 5) is 26.0. The third kappa shape index (κ3) is 7.48. The fourth-order valence-electron chi connectivity index (χ4n) is 3.98. The molecule has 1 aliphatic rings. The van der Waals surface area contributed by atoms with Crippen molar-refractivity contribution in [1.29, 1.82) is 0 Å². The molecule has 1 saturated carbocycles. The van der Waals surface area contributed by atoms with E-state index in [4.69, 9.17) is 14.2 Å². The molecular weight excluding hydrogens is 434 g/mol. The number of nitrogens with zero attached hydrogens (tertiary/aromatic N) is 1. The molecular formula is C27H35NO6. The number of carbonyl (C=O) groups excluding carboxylic acids is 1. The molecule has 1 N–H and O–H groups in total. The first-order valence-electron chi connectivity index (χ1n) is 11.9. The fraction of sp³-hybridized carbons (Fsp3) is 0.481. The average Bonchev–Trinajstić information content (AvgIpc) is 3.60. The van der Waals surface area contributed by atoms with E-state index in [1.807, 2.05) is 57.2 Å². The Hall–Kier alpha value is -3.06. The summed E-state index contributed by atoms with van der Waals surface area (Å²) in [5.74, 6) is 0.844.